The maximum atomic E-state index is 13.0. The molecule has 35 heavy (non-hydrogen) atoms. The molecule has 7 nitrogen and oxygen atoms in total. The second-order valence-electron chi connectivity index (χ2n) is 7.96. The number of hydrogen-bond acceptors (Lipinski definition) is 5. The second-order valence-corrected chi connectivity index (χ2v) is 10.1. The van der Waals surface area contributed by atoms with Crippen molar-refractivity contribution in [3.63, 3.8) is 0 Å². The summed E-state index contributed by atoms with van der Waals surface area (Å²) < 4.78 is 41.2. The average Bonchev–Trinajstić information content (AvgIpc) is 3.10. The number of rotatable bonds is 7. The number of carbonyl (C=O) groups is 1. The molecule has 3 aromatic carbocycles. The van der Waals surface area contributed by atoms with Gasteiger partial charge in [0, 0.05) is 21.8 Å². The molecule has 0 bridgehead atoms. The number of benzene rings is 3. The first-order valence-corrected chi connectivity index (χ1v) is 12.8. The van der Waals surface area contributed by atoms with Gasteiger partial charge >= 0.3 is 5.97 Å². The minimum atomic E-state index is -3.87. The Morgan fingerprint density at radius 2 is 1.69 bits per heavy atom. The van der Waals surface area contributed by atoms with E-state index < -0.39 is 16.0 Å². The number of nitrogens with one attached hydrogen (secondary N) is 1. The summed E-state index contributed by atoms with van der Waals surface area (Å²) in [5.41, 5.74) is 3.70. The molecule has 0 atom stereocenters. The third-order valence-corrected chi connectivity index (χ3v) is 7.36. The van der Waals surface area contributed by atoms with Crippen LogP contribution >= 0.6 is 11.6 Å². The third kappa shape index (κ3) is 4.72. The van der Waals surface area contributed by atoms with Crippen LogP contribution in [0.2, 0.25) is 5.02 Å². The number of methoxy groups -OCH3 is 1. The van der Waals surface area contributed by atoms with Crippen LogP contribution in [0.3, 0.4) is 0 Å². The fraction of sp³-hybridized carbons (Fsp3) is 0.192. The van der Waals surface area contributed by atoms with Crippen molar-refractivity contribution in [2.45, 2.75) is 25.7 Å². The highest BCUT2D eigenvalue weighted by atomic mass is 35.5. The standard InChI is InChI=1S/C26H25ClN2O5S/c1-5-34-26(30)25-17(3)29(19-8-10-20(33-4)11-9-19)24-14-16(2)23(15-22(24)25)28-35(31,32)21-12-6-18(27)7-13-21/h6-15,28H,5H2,1-4H3. The highest BCUT2D eigenvalue weighted by molar-refractivity contribution is 7.92. The highest BCUT2D eigenvalue weighted by Crippen LogP contribution is 2.35. The van der Waals surface area contributed by atoms with Gasteiger partial charge in [0.1, 0.15) is 5.75 Å². The summed E-state index contributed by atoms with van der Waals surface area (Å²) in [7, 11) is -2.28. The van der Waals surface area contributed by atoms with Crippen LogP contribution in [0.1, 0.15) is 28.5 Å². The molecule has 4 aromatic rings. The van der Waals surface area contributed by atoms with Crippen LogP contribution in [0.25, 0.3) is 16.6 Å². The first-order chi connectivity index (χ1) is 16.7. The molecule has 0 amide bonds. The van der Waals surface area contributed by atoms with E-state index in [1.54, 1.807) is 20.1 Å². The van der Waals surface area contributed by atoms with E-state index in [0.29, 0.717) is 38.7 Å². The Balaban J connectivity index is 1.89. The molecule has 0 aliphatic rings. The number of halogens is 1. The monoisotopic (exact) mass is 512 g/mol. The van der Waals surface area contributed by atoms with Crippen molar-refractivity contribution in [1.29, 1.82) is 0 Å². The van der Waals surface area contributed by atoms with Gasteiger partial charge in [0.25, 0.3) is 10.0 Å². The molecule has 0 unspecified atom stereocenters. The number of carbonyl (C=O) groups excluding carboxylic acids is 1. The van der Waals surface area contributed by atoms with E-state index in [9.17, 15) is 13.2 Å². The topological polar surface area (TPSA) is 86.6 Å². The Kier molecular flexibility index (Phi) is 6.78. The molecule has 0 saturated heterocycles. The van der Waals surface area contributed by atoms with Crippen LogP contribution in [0.4, 0.5) is 5.69 Å². The Bertz CT molecular complexity index is 1510. The zero-order valence-corrected chi connectivity index (χ0v) is 21.3. The van der Waals surface area contributed by atoms with Gasteiger partial charge in [-0.3, -0.25) is 4.72 Å². The van der Waals surface area contributed by atoms with Gasteiger partial charge < -0.3 is 14.0 Å². The summed E-state index contributed by atoms with van der Waals surface area (Å²) in [6.45, 7) is 5.61. The van der Waals surface area contributed by atoms with Crippen molar-refractivity contribution in [1.82, 2.24) is 4.57 Å². The van der Waals surface area contributed by atoms with E-state index in [4.69, 9.17) is 21.1 Å². The molecule has 0 radical (unpaired) electrons. The molecule has 4 rings (SSSR count). The number of ether oxygens (including phenoxy) is 2. The number of anilines is 1. The molecule has 0 spiro atoms. The van der Waals surface area contributed by atoms with Crippen LogP contribution in [0.15, 0.2) is 65.6 Å². The summed E-state index contributed by atoms with van der Waals surface area (Å²) in [5.74, 6) is 0.237. The van der Waals surface area contributed by atoms with Crippen molar-refractivity contribution in [2.24, 2.45) is 0 Å². The largest absolute Gasteiger partial charge is 0.497 e. The summed E-state index contributed by atoms with van der Waals surface area (Å²) in [4.78, 5) is 13.0. The van der Waals surface area contributed by atoms with E-state index in [1.807, 2.05) is 48.7 Å². The lowest BCUT2D eigenvalue weighted by atomic mass is 10.1. The molecular formula is C26H25ClN2O5S. The van der Waals surface area contributed by atoms with Gasteiger partial charge in [-0.1, -0.05) is 11.6 Å². The highest BCUT2D eigenvalue weighted by Gasteiger charge is 2.24. The average molecular weight is 513 g/mol. The van der Waals surface area contributed by atoms with Gasteiger partial charge in [-0.05, 0) is 87.0 Å². The van der Waals surface area contributed by atoms with E-state index in [1.165, 1.54) is 24.3 Å². The molecule has 9 heteroatoms. The summed E-state index contributed by atoms with van der Waals surface area (Å²) >= 11 is 5.90. The summed E-state index contributed by atoms with van der Waals surface area (Å²) in [6.07, 6.45) is 0. The number of aromatic nitrogens is 1. The molecule has 1 N–H and O–H groups in total. The zero-order valence-electron chi connectivity index (χ0n) is 19.8. The Hall–Kier alpha value is -3.49. The lowest BCUT2D eigenvalue weighted by Gasteiger charge is -2.13. The smallest absolute Gasteiger partial charge is 0.340 e. The van der Waals surface area contributed by atoms with Crippen molar-refractivity contribution >= 4 is 44.2 Å². The van der Waals surface area contributed by atoms with Crippen LogP contribution in [-0.2, 0) is 14.8 Å². The van der Waals surface area contributed by atoms with Crippen LogP contribution in [0.5, 0.6) is 5.75 Å². The number of fused-ring (bicyclic) bond motifs is 1. The molecule has 182 valence electrons. The summed E-state index contributed by atoms with van der Waals surface area (Å²) in [5, 5.41) is 1.02. The van der Waals surface area contributed by atoms with Gasteiger partial charge in [-0.25, -0.2) is 13.2 Å². The number of nitrogens with zero attached hydrogens (tertiary/aromatic N) is 1. The second kappa shape index (κ2) is 9.64. The minimum absolute atomic E-state index is 0.0824. The number of aryl methyl sites for hydroxylation is 1. The Morgan fingerprint density at radius 3 is 2.29 bits per heavy atom. The van der Waals surface area contributed by atoms with Gasteiger partial charge in [0.15, 0.2) is 0 Å². The summed E-state index contributed by atoms with van der Waals surface area (Å²) in [6, 6.07) is 16.9. The lowest BCUT2D eigenvalue weighted by Crippen LogP contribution is -2.13. The lowest BCUT2D eigenvalue weighted by molar-refractivity contribution is 0.0527. The molecule has 0 aliphatic heterocycles. The SMILES string of the molecule is CCOC(=O)c1c(C)n(-c2ccc(OC)cc2)c2cc(C)c(NS(=O)(=O)c3ccc(Cl)cc3)cc12. The van der Waals surface area contributed by atoms with Crippen LogP contribution < -0.4 is 9.46 Å². The first-order valence-electron chi connectivity index (χ1n) is 10.9. The van der Waals surface area contributed by atoms with Gasteiger partial charge in [0.2, 0.25) is 0 Å². The van der Waals surface area contributed by atoms with Crippen molar-refractivity contribution in [3.05, 3.63) is 82.5 Å². The van der Waals surface area contributed by atoms with Crippen LogP contribution in [0, 0.1) is 13.8 Å². The van der Waals surface area contributed by atoms with Gasteiger partial charge in [-0.2, -0.15) is 0 Å². The van der Waals surface area contributed by atoms with Crippen molar-refractivity contribution in [3.8, 4) is 11.4 Å². The maximum absolute atomic E-state index is 13.0. The quantitative estimate of drug-likeness (QED) is 0.312. The molecular weight excluding hydrogens is 488 g/mol. The molecule has 0 saturated carbocycles. The normalized spacial score (nSPS) is 11.5. The maximum Gasteiger partial charge on any atom is 0.340 e. The van der Waals surface area contributed by atoms with E-state index in [0.717, 1.165) is 11.2 Å². The fourth-order valence-electron chi connectivity index (χ4n) is 4.02. The van der Waals surface area contributed by atoms with E-state index in [-0.39, 0.29) is 11.5 Å². The first kappa shape index (κ1) is 24.6. The predicted molar refractivity (Wildman–Crippen MR) is 138 cm³/mol. The third-order valence-electron chi connectivity index (χ3n) is 5.73. The van der Waals surface area contributed by atoms with E-state index >= 15 is 0 Å². The Morgan fingerprint density at radius 1 is 1.03 bits per heavy atom. The Labute approximate surface area is 209 Å². The predicted octanol–water partition coefficient (Wildman–Crippen LogP) is 5.89. The number of sulfonamides is 1. The van der Waals surface area contributed by atoms with Gasteiger partial charge in [0.05, 0.1) is 35.4 Å². The fourth-order valence-corrected chi connectivity index (χ4v) is 5.27. The zero-order chi connectivity index (χ0) is 25.3. The van der Waals surface area contributed by atoms with Crippen molar-refractivity contribution in [2.75, 3.05) is 18.4 Å². The molecule has 1 heterocycles. The molecule has 0 fully saturated rings. The minimum Gasteiger partial charge on any atom is -0.497 e. The molecule has 1 aromatic heterocycles. The molecule has 0 aliphatic carbocycles. The van der Waals surface area contributed by atoms with Gasteiger partial charge in [-0.15, -0.1) is 0 Å². The van der Waals surface area contributed by atoms with Crippen molar-refractivity contribution < 1.29 is 22.7 Å². The van der Waals surface area contributed by atoms with E-state index in [2.05, 4.69) is 4.72 Å². The number of hydrogen-bond donors (Lipinski definition) is 1. The van der Waals surface area contributed by atoms with Crippen LogP contribution in [-0.4, -0.2) is 32.7 Å². The number of esters is 1.